The largest absolute Gasteiger partial charge is 0.378 e. The maximum atomic E-state index is 5.56. The van der Waals surface area contributed by atoms with Crippen molar-refractivity contribution in [2.24, 2.45) is 0 Å². The molecule has 2 aromatic rings. The molecule has 1 saturated heterocycles. The SMILES string of the molecule is CCn1nccc1CN1CCOCC1c1nc(C)no1. The van der Waals surface area contributed by atoms with Crippen LogP contribution >= 0.6 is 0 Å². The third-order valence-electron chi connectivity index (χ3n) is 3.54. The van der Waals surface area contributed by atoms with Crippen LogP contribution in [0.5, 0.6) is 0 Å². The topological polar surface area (TPSA) is 69.2 Å². The highest BCUT2D eigenvalue weighted by Gasteiger charge is 2.29. The highest BCUT2D eigenvalue weighted by Crippen LogP contribution is 2.24. The van der Waals surface area contributed by atoms with Crippen LogP contribution in [-0.4, -0.2) is 44.6 Å². The number of hydrogen-bond donors (Lipinski definition) is 0. The smallest absolute Gasteiger partial charge is 0.246 e. The molecule has 0 saturated carbocycles. The maximum Gasteiger partial charge on any atom is 0.246 e. The first-order valence-electron chi connectivity index (χ1n) is 6.90. The number of aryl methyl sites for hydroxylation is 2. The summed E-state index contributed by atoms with van der Waals surface area (Å²) >= 11 is 0. The second kappa shape index (κ2) is 5.72. The zero-order valence-corrected chi connectivity index (χ0v) is 11.8. The molecule has 2 aromatic heterocycles. The summed E-state index contributed by atoms with van der Waals surface area (Å²) < 4.78 is 12.9. The molecule has 1 atom stereocenters. The Morgan fingerprint density at radius 3 is 3.10 bits per heavy atom. The number of nitrogens with zero attached hydrogens (tertiary/aromatic N) is 5. The third-order valence-corrected chi connectivity index (χ3v) is 3.54. The second-order valence-corrected chi connectivity index (χ2v) is 4.88. The molecule has 3 rings (SSSR count). The van der Waals surface area contributed by atoms with Gasteiger partial charge in [-0.2, -0.15) is 10.1 Å². The average Bonchev–Trinajstić information content (AvgIpc) is 3.08. The Labute approximate surface area is 117 Å². The molecule has 3 heterocycles. The van der Waals surface area contributed by atoms with Crippen LogP contribution in [0.4, 0.5) is 0 Å². The van der Waals surface area contributed by atoms with E-state index in [9.17, 15) is 0 Å². The summed E-state index contributed by atoms with van der Waals surface area (Å²) in [4.78, 5) is 6.64. The Kier molecular flexibility index (Phi) is 3.79. The molecule has 1 unspecified atom stereocenters. The van der Waals surface area contributed by atoms with Crippen molar-refractivity contribution in [3.63, 3.8) is 0 Å². The van der Waals surface area contributed by atoms with Crippen molar-refractivity contribution in [3.05, 3.63) is 29.7 Å². The Morgan fingerprint density at radius 2 is 2.35 bits per heavy atom. The Balaban J connectivity index is 1.79. The van der Waals surface area contributed by atoms with Crippen LogP contribution in [0.3, 0.4) is 0 Å². The Morgan fingerprint density at radius 1 is 1.45 bits per heavy atom. The molecule has 0 amide bonds. The van der Waals surface area contributed by atoms with Gasteiger partial charge in [0.15, 0.2) is 5.82 Å². The molecule has 0 aromatic carbocycles. The normalized spacial score (nSPS) is 20.4. The predicted molar refractivity (Wildman–Crippen MR) is 70.9 cm³/mol. The number of ether oxygens (including phenoxy) is 1. The van der Waals surface area contributed by atoms with Crippen molar-refractivity contribution in [1.29, 1.82) is 0 Å². The van der Waals surface area contributed by atoms with Gasteiger partial charge in [0.25, 0.3) is 0 Å². The number of hydrogen-bond acceptors (Lipinski definition) is 6. The van der Waals surface area contributed by atoms with Crippen molar-refractivity contribution < 1.29 is 9.26 Å². The summed E-state index contributed by atoms with van der Waals surface area (Å²) in [6.45, 7) is 7.76. The minimum atomic E-state index is 0.0187. The van der Waals surface area contributed by atoms with Crippen LogP contribution in [0.25, 0.3) is 0 Å². The van der Waals surface area contributed by atoms with Gasteiger partial charge in [-0.1, -0.05) is 5.16 Å². The summed E-state index contributed by atoms with van der Waals surface area (Å²) in [6, 6.07) is 2.07. The molecule has 0 N–H and O–H groups in total. The standard InChI is InChI=1S/C13H19N5O2/c1-3-18-11(4-5-14-18)8-17-6-7-19-9-12(17)13-15-10(2)16-20-13/h4-5,12H,3,6-9H2,1-2H3. The third kappa shape index (κ3) is 2.59. The zero-order chi connectivity index (χ0) is 13.9. The summed E-state index contributed by atoms with van der Waals surface area (Å²) in [6.07, 6.45) is 1.84. The molecular weight excluding hydrogens is 258 g/mol. The summed E-state index contributed by atoms with van der Waals surface area (Å²) in [5.41, 5.74) is 1.19. The minimum Gasteiger partial charge on any atom is -0.378 e. The number of morpholine rings is 1. The molecule has 1 aliphatic rings. The Bertz CT molecular complexity index is 565. The van der Waals surface area contributed by atoms with Crippen molar-refractivity contribution >= 4 is 0 Å². The molecule has 0 spiro atoms. The quantitative estimate of drug-likeness (QED) is 0.835. The van der Waals surface area contributed by atoms with Gasteiger partial charge in [0.05, 0.1) is 18.9 Å². The fraction of sp³-hybridized carbons (Fsp3) is 0.615. The van der Waals surface area contributed by atoms with Gasteiger partial charge in [0.2, 0.25) is 5.89 Å². The fourth-order valence-electron chi connectivity index (χ4n) is 2.49. The van der Waals surface area contributed by atoms with Gasteiger partial charge in [-0.25, -0.2) is 0 Å². The van der Waals surface area contributed by atoms with Gasteiger partial charge in [0, 0.05) is 25.8 Å². The van der Waals surface area contributed by atoms with Crippen molar-refractivity contribution in [2.45, 2.75) is 33.0 Å². The van der Waals surface area contributed by atoms with Crippen LogP contribution in [0, 0.1) is 6.92 Å². The minimum absolute atomic E-state index is 0.0187. The summed E-state index contributed by atoms with van der Waals surface area (Å²) in [5.74, 6) is 1.29. The van der Waals surface area contributed by atoms with E-state index < -0.39 is 0 Å². The molecule has 1 fully saturated rings. The van der Waals surface area contributed by atoms with Crippen LogP contribution < -0.4 is 0 Å². The van der Waals surface area contributed by atoms with Crippen LogP contribution in [-0.2, 0) is 17.8 Å². The van der Waals surface area contributed by atoms with E-state index >= 15 is 0 Å². The van der Waals surface area contributed by atoms with Gasteiger partial charge in [0.1, 0.15) is 6.04 Å². The van der Waals surface area contributed by atoms with Gasteiger partial charge in [-0.05, 0) is 19.9 Å². The predicted octanol–water partition coefficient (Wildman–Crippen LogP) is 1.17. The highest BCUT2D eigenvalue weighted by atomic mass is 16.5. The molecule has 20 heavy (non-hydrogen) atoms. The monoisotopic (exact) mass is 277 g/mol. The van der Waals surface area contributed by atoms with Crippen LogP contribution in [0.2, 0.25) is 0 Å². The van der Waals surface area contributed by atoms with Gasteiger partial charge < -0.3 is 9.26 Å². The van der Waals surface area contributed by atoms with Gasteiger partial charge >= 0.3 is 0 Å². The molecule has 7 nitrogen and oxygen atoms in total. The lowest BCUT2D eigenvalue weighted by molar-refractivity contribution is -0.0251. The zero-order valence-electron chi connectivity index (χ0n) is 11.8. The van der Waals surface area contributed by atoms with Crippen LogP contribution in [0.15, 0.2) is 16.8 Å². The molecule has 108 valence electrons. The second-order valence-electron chi connectivity index (χ2n) is 4.88. The van der Waals surface area contributed by atoms with Crippen molar-refractivity contribution in [2.75, 3.05) is 19.8 Å². The summed E-state index contributed by atoms with van der Waals surface area (Å²) in [5, 5.41) is 8.18. The number of rotatable bonds is 4. The van der Waals surface area contributed by atoms with Gasteiger partial charge in [-0.15, -0.1) is 0 Å². The molecule has 1 aliphatic heterocycles. The van der Waals surface area contributed by atoms with E-state index in [0.717, 1.165) is 26.2 Å². The fourth-order valence-corrected chi connectivity index (χ4v) is 2.49. The lowest BCUT2D eigenvalue weighted by Crippen LogP contribution is -2.39. The molecule has 0 aliphatic carbocycles. The first-order valence-corrected chi connectivity index (χ1v) is 6.90. The first kappa shape index (κ1) is 13.3. The summed E-state index contributed by atoms with van der Waals surface area (Å²) in [7, 11) is 0. The Hall–Kier alpha value is -1.73. The van der Waals surface area contributed by atoms with E-state index in [4.69, 9.17) is 9.26 Å². The maximum absolute atomic E-state index is 5.56. The molecule has 0 radical (unpaired) electrons. The van der Waals surface area contributed by atoms with E-state index in [0.29, 0.717) is 18.3 Å². The lowest BCUT2D eigenvalue weighted by atomic mass is 10.2. The van der Waals surface area contributed by atoms with Crippen molar-refractivity contribution in [1.82, 2.24) is 24.8 Å². The molecular formula is C13H19N5O2. The van der Waals surface area contributed by atoms with E-state index in [1.165, 1.54) is 5.69 Å². The van der Waals surface area contributed by atoms with E-state index in [1.54, 1.807) is 0 Å². The molecule has 7 heteroatoms. The molecule has 0 bridgehead atoms. The van der Waals surface area contributed by atoms with Crippen molar-refractivity contribution in [3.8, 4) is 0 Å². The van der Waals surface area contributed by atoms with Crippen LogP contribution in [0.1, 0.15) is 30.4 Å². The lowest BCUT2D eigenvalue weighted by Gasteiger charge is -2.33. The first-order chi connectivity index (χ1) is 9.78. The van der Waals surface area contributed by atoms with E-state index in [-0.39, 0.29) is 6.04 Å². The number of aromatic nitrogens is 4. The van der Waals surface area contributed by atoms with Gasteiger partial charge in [-0.3, -0.25) is 9.58 Å². The van der Waals surface area contributed by atoms with E-state index in [2.05, 4.69) is 33.1 Å². The highest BCUT2D eigenvalue weighted by molar-refractivity contribution is 5.03. The average molecular weight is 277 g/mol. The van der Waals surface area contributed by atoms with E-state index in [1.807, 2.05) is 17.8 Å².